The molecule has 0 saturated carbocycles. The van der Waals surface area contributed by atoms with E-state index in [-0.39, 0.29) is 5.82 Å². The molecule has 2 heterocycles. The predicted octanol–water partition coefficient (Wildman–Crippen LogP) is 3.56. The van der Waals surface area contributed by atoms with E-state index in [0.29, 0.717) is 11.4 Å². The van der Waals surface area contributed by atoms with Gasteiger partial charge < -0.3 is 15.1 Å². The number of aromatic nitrogens is 2. The number of hydrogen-bond donors (Lipinski definition) is 1. The molecule has 0 radical (unpaired) electrons. The fraction of sp³-hybridized carbons (Fsp3) is 0.190. The molecule has 7 heteroatoms. The Morgan fingerprint density at radius 2 is 1.68 bits per heavy atom. The minimum atomic E-state index is -0.219. The van der Waals surface area contributed by atoms with Crippen molar-refractivity contribution < 1.29 is 4.39 Å². The molecular weight excluding hydrogens is 355 g/mol. The number of hydrogen-bond acceptors (Lipinski definition) is 6. The molecular formula is C21H19FN6. The first kappa shape index (κ1) is 17.7. The number of nitrogens with zero attached hydrogens (tertiary/aromatic N) is 5. The van der Waals surface area contributed by atoms with Crippen LogP contribution < -0.4 is 15.1 Å². The topological polar surface area (TPSA) is 68.1 Å². The third-order valence-electron chi connectivity index (χ3n) is 4.71. The van der Waals surface area contributed by atoms with Crippen molar-refractivity contribution in [3.63, 3.8) is 0 Å². The van der Waals surface area contributed by atoms with Gasteiger partial charge in [0.15, 0.2) is 0 Å². The van der Waals surface area contributed by atoms with E-state index in [2.05, 4.69) is 31.2 Å². The van der Waals surface area contributed by atoms with Crippen LogP contribution in [0.3, 0.4) is 0 Å². The SMILES string of the molecule is N#Cc1cccc(Nc2cc(N3CCN(c4ccc(F)cc4)CC3)ncn2)c1. The first-order valence-electron chi connectivity index (χ1n) is 9.06. The van der Waals surface area contributed by atoms with E-state index < -0.39 is 0 Å². The maximum absolute atomic E-state index is 13.1. The van der Waals surface area contributed by atoms with Gasteiger partial charge in [0.05, 0.1) is 11.6 Å². The number of anilines is 4. The van der Waals surface area contributed by atoms with Gasteiger partial charge in [0, 0.05) is 43.6 Å². The Morgan fingerprint density at radius 1 is 0.929 bits per heavy atom. The number of benzene rings is 2. The molecule has 1 saturated heterocycles. The molecule has 0 amide bonds. The molecule has 0 aliphatic carbocycles. The van der Waals surface area contributed by atoms with Crippen molar-refractivity contribution in [2.24, 2.45) is 0 Å². The van der Waals surface area contributed by atoms with Gasteiger partial charge in [0.1, 0.15) is 23.8 Å². The fourth-order valence-corrected chi connectivity index (χ4v) is 3.25. The lowest BCUT2D eigenvalue weighted by Crippen LogP contribution is -2.46. The summed E-state index contributed by atoms with van der Waals surface area (Å²) in [5.41, 5.74) is 2.43. The smallest absolute Gasteiger partial charge is 0.135 e. The second kappa shape index (κ2) is 7.92. The summed E-state index contributed by atoms with van der Waals surface area (Å²) in [7, 11) is 0. The fourth-order valence-electron chi connectivity index (χ4n) is 3.25. The lowest BCUT2D eigenvalue weighted by atomic mass is 10.2. The van der Waals surface area contributed by atoms with Gasteiger partial charge in [-0.15, -0.1) is 0 Å². The monoisotopic (exact) mass is 374 g/mol. The van der Waals surface area contributed by atoms with Gasteiger partial charge in [0.2, 0.25) is 0 Å². The van der Waals surface area contributed by atoms with Gasteiger partial charge in [-0.3, -0.25) is 0 Å². The van der Waals surface area contributed by atoms with Gasteiger partial charge in [0.25, 0.3) is 0 Å². The number of piperazine rings is 1. The number of rotatable bonds is 4. The van der Waals surface area contributed by atoms with Crippen molar-refractivity contribution >= 4 is 23.0 Å². The molecule has 0 unspecified atom stereocenters. The van der Waals surface area contributed by atoms with Gasteiger partial charge in [-0.25, -0.2) is 14.4 Å². The normalized spacial score (nSPS) is 13.9. The third-order valence-corrected chi connectivity index (χ3v) is 4.71. The first-order chi connectivity index (χ1) is 13.7. The molecule has 140 valence electrons. The van der Waals surface area contributed by atoms with E-state index in [9.17, 15) is 4.39 Å². The van der Waals surface area contributed by atoms with Crippen molar-refractivity contribution in [3.8, 4) is 6.07 Å². The molecule has 0 bridgehead atoms. The zero-order chi connectivity index (χ0) is 19.3. The minimum Gasteiger partial charge on any atom is -0.368 e. The van der Waals surface area contributed by atoms with Crippen LogP contribution in [0.2, 0.25) is 0 Å². The molecule has 4 rings (SSSR count). The van der Waals surface area contributed by atoms with Gasteiger partial charge in [-0.05, 0) is 42.5 Å². The average molecular weight is 374 g/mol. The number of halogens is 1. The van der Waals surface area contributed by atoms with Crippen molar-refractivity contribution in [1.29, 1.82) is 5.26 Å². The highest BCUT2D eigenvalue weighted by Crippen LogP contribution is 2.22. The van der Waals surface area contributed by atoms with E-state index in [4.69, 9.17) is 5.26 Å². The molecule has 6 nitrogen and oxygen atoms in total. The lowest BCUT2D eigenvalue weighted by molar-refractivity contribution is 0.624. The Morgan fingerprint density at radius 3 is 2.43 bits per heavy atom. The number of nitriles is 1. The van der Waals surface area contributed by atoms with E-state index in [1.54, 1.807) is 12.1 Å². The van der Waals surface area contributed by atoms with E-state index in [1.807, 2.05) is 30.3 Å². The standard InChI is InChI=1S/C21H19FN6/c22-17-4-6-19(7-5-17)27-8-10-28(11-9-27)21-13-20(24-15-25-21)26-18-3-1-2-16(12-18)14-23/h1-7,12-13,15H,8-11H2,(H,24,25,26). The summed E-state index contributed by atoms with van der Waals surface area (Å²) in [5, 5.41) is 12.3. The van der Waals surface area contributed by atoms with Crippen LogP contribution in [0.25, 0.3) is 0 Å². The minimum absolute atomic E-state index is 0.219. The maximum atomic E-state index is 13.1. The Bertz CT molecular complexity index is 990. The Kier molecular flexibility index (Phi) is 5.02. The summed E-state index contributed by atoms with van der Waals surface area (Å²) in [4.78, 5) is 13.1. The molecule has 1 N–H and O–H groups in total. The molecule has 1 aliphatic rings. The molecule has 1 fully saturated rings. The molecule has 3 aromatic rings. The maximum Gasteiger partial charge on any atom is 0.135 e. The molecule has 2 aromatic carbocycles. The summed E-state index contributed by atoms with van der Waals surface area (Å²) < 4.78 is 13.1. The van der Waals surface area contributed by atoms with Crippen LogP contribution in [-0.4, -0.2) is 36.1 Å². The van der Waals surface area contributed by atoms with Crippen LogP contribution in [-0.2, 0) is 0 Å². The van der Waals surface area contributed by atoms with Crippen LogP contribution in [0.15, 0.2) is 60.9 Å². The summed E-state index contributed by atoms with van der Waals surface area (Å²) in [6, 6.07) is 17.9. The number of nitrogens with one attached hydrogen (secondary N) is 1. The molecule has 28 heavy (non-hydrogen) atoms. The van der Waals surface area contributed by atoms with E-state index in [0.717, 1.165) is 43.4 Å². The van der Waals surface area contributed by atoms with Crippen molar-refractivity contribution in [3.05, 3.63) is 72.3 Å². The van der Waals surface area contributed by atoms with Crippen molar-refractivity contribution in [2.75, 3.05) is 41.3 Å². The summed E-state index contributed by atoms with van der Waals surface area (Å²) in [6.07, 6.45) is 1.54. The highest BCUT2D eigenvalue weighted by atomic mass is 19.1. The first-order valence-corrected chi connectivity index (χ1v) is 9.06. The van der Waals surface area contributed by atoms with Crippen LogP contribution >= 0.6 is 0 Å². The zero-order valence-corrected chi connectivity index (χ0v) is 15.2. The Balaban J connectivity index is 1.42. The van der Waals surface area contributed by atoms with Gasteiger partial charge >= 0.3 is 0 Å². The Hall–Kier alpha value is -3.66. The Labute approximate surface area is 162 Å². The largest absolute Gasteiger partial charge is 0.368 e. The third kappa shape index (κ3) is 4.01. The van der Waals surface area contributed by atoms with E-state index in [1.165, 1.54) is 18.5 Å². The zero-order valence-electron chi connectivity index (χ0n) is 15.2. The summed E-state index contributed by atoms with van der Waals surface area (Å²) >= 11 is 0. The second-order valence-corrected chi connectivity index (χ2v) is 6.53. The van der Waals surface area contributed by atoms with Gasteiger partial charge in [-0.1, -0.05) is 6.07 Å². The highest BCUT2D eigenvalue weighted by molar-refractivity contribution is 5.61. The van der Waals surface area contributed by atoms with Gasteiger partial charge in [-0.2, -0.15) is 5.26 Å². The summed E-state index contributed by atoms with van der Waals surface area (Å²) in [5.74, 6) is 1.32. The lowest BCUT2D eigenvalue weighted by Gasteiger charge is -2.36. The van der Waals surface area contributed by atoms with Crippen LogP contribution in [0.5, 0.6) is 0 Å². The quantitative estimate of drug-likeness (QED) is 0.753. The molecule has 0 atom stereocenters. The highest BCUT2D eigenvalue weighted by Gasteiger charge is 2.19. The van der Waals surface area contributed by atoms with E-state index >= 15 is 0 Å². The van der Waals surface area contributed by atoms with Crippen molar-refractivity contribution in [1.82, 2.24) is 9.97 Å². The second-order valence-electron chi connectivity index (χ2n) is 6.53. The van der Waals surface area contributed by atoms with Crippen molar-refractivity contribution in [2.45, 2.75) is 0 Å². The average Bonchev–Trinajstić information content (AvgIpc) is 2.75. The molecule has 1 aliphatic heterocycles. The van der Waals surface area contributed by atoms with Crippen LogP contribution in [0.1, 0.15) is 5.56 Å². The van der Waals surface area contributed by atoms with Crippen LogP contribution in [0, 0.1) is 17.1 Å². The van der Waals surface area contributed by atoms with Crippen LogP contribution in [0.4, 0.5) is 27.4 Å². The summed E-state index contributed by atoms with van der Waals surface area (Å²) in [6.45, 7) is 3.31. The predicted molar refractivity (Wildman–Crippen MR) is 107 cm³/mol. The molecule has 1 aromatic heterocycles. The molecule has 0 spiro atoms.